The van der Waals surface area contributed by atoms with E-state index < -0.39 is 10.0 Å². The third-order valence-electron chi connectivity index (χ3n) is 6.76. The molecule has 1 aliphatic rings. The van der Waals surface area contributed by atoms with Gasteiger partial charge in [-0.1, -0.05) is 43.6 Å². The van der Waals surface area contributed by atoms with Gasteiger partial charge in [0.05, 0.1) is 16.6 Å². The maximum Gasteiger partial charge on any atom is 0.264 e. The Bertz CT molecular complexity index is 1300. The molecule has 0 spiro atoms. The number of carbonyl (C=O) groups excluding carboxylic acids is 1. The first-order chi connectivity index (χ1) is 16.7. The van der Waals surface area contributed by atoms with E-state index in [1.807, 2.05) is 24.3 Å². The van der Waals surface area contributed by atoms with Crippen LogP contribution in [0.4, 0.5) is 5.69 Å². The molecule has 1 amide bonds. The van der Waals surface area contributed by atoms with Crippen molar-refractivity contribution in [2.24, 2.45) is 0 Å². The average molecular weight is 513 g/mol. The maximum atomic E-state index is 13.1. The van der Waals surface area contributed by atoms with Crippen molar-refractivity contribution in [2.75, 3.05) is 11.4 Å². The molecule has 35 heavy (non-hydrogen) atoms. The predicted molar refractivity (Wildman–Crippen MR) is 139 cm³/mol. The second kappa shape index (κ2) is 9.91. The number of hydrogen-bond donors (Lipinski definition) is 1. The highest BCUT2D eigenvalue weighted by atomic mass is 35.5. The lowest BCUT2D eigenvalue weighted by molar-refractivity contribution is 0.0227. The van der Waals surface area contributed by atoms with Crippen molar-refractivity contribution in [1.82, 2.24) is 5.32 Å². The number of fused-ring (bicyclic) bond motifs is 1. The van der Waals surface area contributed by atoms with Gasteiger partial charge in [0.25, 0.3) is 15.9 Å². The van der Waals surface area contributed by atoms with Crippen LogP contribution in [0.2, 0.25) is 5.02 Å². The van der Waals surface area contributed by atoms with Crippen LogP contribution in [0.3, 0.4) is 0 Å². The van der Waals surface area contributed by atoms with Gasteiger partial charge >= 0.3 is 0 Å². The number of halogens is 1. The molecule has 4 rings (SSSR count). The average Bonchev–Trinajstić information content (AvgIpc) is 2.88. The van der Waals surface area contributed by atoms with Crippen molar-refractivity contribution in [1.29, 1.82) is 0 Å². The first-order valence-electron chi connectivity index (χ1n) is 11.6. The molecule has 0 saturated heterocycles. The standard InChI is InChI=1S/C27H29ClN2O4S/c1-4-27(5-2)18-24(23-8-6-7-9-25(23)34-27)29-26(31)19-10-14-21(15-11-19)30(3)35(32,33)22-16-12-20(28)13-17-22/h6-17,24H,4-5,18H2,1-3H3,(H,29,31). The van der Waals surface area contributed by atoms with Crippen LogP contribution in [0.5, 0.6) is 5.75 Å². The molecule has 3 aromatic carbocycles. The predicted octanol–water partition coefficient (Wildman–Crippen LogP) is 5.98. The van der Waals surface area contributed by atoms with Gasteiger partial charge in [0, 0.05) is 29.6 Å². The summed E-state index contributed by atoms with van der Waals surface area (Å²) in [6.45, 7) is 4.20. The van der Waals surface area contributed by atoms with E-state index in [4.69, 9.17) is 16.3 Å². The molecule has 0 bridgehead atoms. The van der Waals surface area contributed by atoms with Crippen molar-refractivity contribution >= 4 is 33.2 Å². The van der Waals surface area contributed by atoms with Crippen LogP contribution >= 0.6 is 11.6 Å². The number of nitrogens with zero attached hydrogens (tertiary/aromatic N) is 1. The first kappa shape index (κ1) is 25.1. The SMILES string of the molecule is CCC1(CC)CC(NC(=O)c2ccc(N(C)S(=O)(=O)c3ccc(Cl)cc3)cc2)c2ccccc2O1. The molecule has 1 N–H and O–H groups in total. The lowest BCUT2D eigenvalue weighted by Crippen LogP contribution is -2.44. The van der Waals surface area contributed by atoms with Crippen LogP contribution in [0.15, 0.2) is 77.7 Å². The van der Waals surface area contributed by atoms with Crippen LogP contribution in [-0.4, -0.2) is 27.0 Å². The van der Waals surface area contributed by atoms with Gasteiger partial charge in [-0.15, -0.1) is 0 Å². The van der Waals surface area contributed by atoms with Gasteiger partial charge in [-0.2, -0.15) is 0 Å². The summed E-state index contributed by atoms with van der Waals surface area (Å²) in [5, 5.41) is 3.62. The number of benzene rings is 3. The summed E-state index contributed by atoms with van der Waals surface area (Å²) in [5.74, 6) is 0.583. The van der Waals surface area contributed by atoms with Crippen molar-refractivity contribution in [2.45, 2.75) is 49.6 Å². The Morgan fingerprint density at radius 1 is 1.03 bits per heavy atom. The van der Waals surface area contributed by atoms with Gasteiger partial charge in [0.2, 0.25) is 0 Å². The summed E-state index contributed by atoms with van der Waals surface area (Å²) in [6.07, 6.45) is 2.36. The van der Waals surface area contributed by atoms with Crippen molar-refractivity contribution < 1.29 is 17.9 Å². The minimum absolute atomic E-state index is 0.139. The summed E-state index contributed by atoms with van der Waals surface area (Å²) >= 11 is 5.88. The molecular weight excluding hydrogens is 484 g/mol. The highest BCUT2D eigenvalue weighted by molar-refractivity contribution is 7.92. The Balaban J connectivity index is 1.53. The largest absolute Gasteiger partial charge is 0.487 e. The highest BCUT2D eigenvalue weighted by Crippen LogP contribution is 2.42. The zero-order chi connectivity index (χ0) is 25.2. The number of ether oxygens (including phenoxy) is 1. The number of para-hydroxylation sites is 1. The summed E-state index contributed by atoms with van der Waals surface area (Å²) in [7, 11) is -2.28. The zero-order valence-electron chi connectivity index (χ0n) is 20.0. The molecule has 1 heterocycles. The van der Waals surface area contributed by atoms with Crippen LogP contribution in [0.1, 0.15) is 55.1 Å². The zero-order valence-corrected chi connectivity index (χ0v) is 21.6. The minimum atomic E-state index is -3.76. The lowest BCUT2D eigenvalue weighted by atomic mass is 9.83. The molecule has 3 aromatic rings. The first-order valence-corrected chi connectivity index (χ1v) is 13.4. The van der Waals surface area contributed by atoms with E-state index in [1.165, 1.54) is 35.6 Å². The van der Waals surface area contributed by atoms with Gasteiger partial charge in [-0.25, -0.2) is 8.42 Å². The molecule has 184 valence electrons. The fourth-order valence-electron chi connectivity index (χ4n) is 4.40. The number of nitrogens with one attached hydrogen (secondary N) is 1. The molecule has 1 aliphatic heterocycles. The van der Waals surface area contributed by atoms with E-state index in [0.717, 1.165) is 24.2 Å². The Morgan fingerprint density at radius 3 is 2.29 bits per heavy atom. The maximum absolute atomic E-state index is 13.1. The van der Waals surface area contributed by atoms with E-state index in [-0.39, 0.29) is 22.4 Å². The van der Waals surface area contributed by atoms with Crippen LogP contribution in [-0.2, 0) is 10.0 Å². The molecule has 6 nitrogen and oxygen atoms in total. The summed E-state index contributed by atoms with van der Waals surface area (Å²) in [5.41, 5.74) is 1.54. The minimum Gasteiger partial charge on any atom is -0.487 e. The Morgan fingerprint density at radius 2 is 1.66 bits per heavy atom. The number of anilines is 1. The Kier molecular flexibility index (Phi) is 7.10. The molecule has 0 aliphatic carbocycles. The van der Waals surface area contributed by atoms with Gasteiger partial charge in [0.1, 0.15) is 11.4 Å². The van der Waals surface area contributed by atoms with E-state index in [9.17, 15) is 13.2 Å². The highest BCUT2D eigenvalue weighted by Gasteiger charge is 2.39. The summed E-state index contributed by atoms with van der Waals surface area (Å²) < 4.78 is 33.4. The van der Waals surface area contributed by atoms with Gasteiger partial charge in [-0.3, -0.25) is 9.10 Å². The molecule has 1 atom stereocenters. The molecule has 0 saturated carbocycles. The van der Waals surface area contributed by atoms with Crippen molar-refractivity contribution in [3.05, 3.63) is 88.9 Å². The van der Waals surface area contributed by atoms with Crippen molar-refractivity contribution in [3.63, 3.8) is 0 Å². The van der Waals surface area contributed by atoms with Crippen molar-refractivity contribution in [3.8, 4) is 5.75 Å². The van der Waals surface area contributed by atoms with Crippen LogP contribution in [0, 0.1) is 0 Å². The van der Waals surface area contributed by atoms with Crippen LogP contribution in [0.25, 0.3) is 0 Å². The van der Waals surface area contributed by atoms with Gasteiger partial charge in [-0.05, 0) is 67.4 Å². The number of rotatable bonds is 7. The third-order valence-corrected chi connectivity index (χ3v) is 8.81. The summed E-state index contributed by atoms with van der Waals surface area (Å²) in [4.78, 5) is 13.3. The molecule has 0 radical (unpaired) electrons. The van der Waals surface area contributed by atoms with Crippen LogP contribution < -0.4 is 14.4 Å². The monoisotopic (exact) mass is 512 g/mol. The number of carbonyl (C=O) groups is 1. The van der Waals surface area contributed by atoms with Gasteiger partial charge < -0.3 is 10.1 Å². The smallest absolute Gasteiger partial charge is 0.264 e. The van der Waals surface area contributed by atoms with E-state index in [1.54, 1.807) is 24.3 Å². The molecule has 0 fully saturated rings. The quantitative estimate of drug-likeness (QED) is 0.422. The molecule has 8 heteroatoms. The third kappa shape index (κ3) is 5.02. The lowest BCUT2D eigenvalue weighted by Gasteiger charge is -2.41. The van der Waals surface area contributed by atoms with E-state index >= 15 is 0 Å². The summed E-state index contributed by atoms with van der Waals surface area (Å²) in [6, 6.07) is 20.2. The number of hydrogen-bond acceptors (Lipinski definition) is 4. The number of amides is 1. The molecule has 0 aromatic heterocycles. The fourth-order valence-corrected chi connectivity index (χ4v) is 5.72. The second-order valence-corrected chi connectivity index (χ2v) is 11.1. The molecular formula is C27H29ClN2O4S. The molecule has 1 unspecified atom stereocenters. The van der Waals surface area contributed by atoms with Gasteiger partial charge in [0.15, 0.2) is 0 Å². The normalized spacial score (nSPS) is 16.6. The topological polar surface area (TPSA) is 75.7 Å². The Hall–Kier alpha value is -3.03. The Labute approximate surface area is 211 Å². The van der Waals surface area contributed by atoms with E-state index in [0.29, 0.717) is 22.7 Å². The van der Waals surface area contributed by atoms with E-state index in [2.05, 4.69) is 19.2 Å². The fraction of sp³-hybridized carbons (Fsp3) is 0.296. The number of sulfonamides is 1. The second-order valence-electron chi connectivity index (χ2n) is 8.73.